The molecular weight excluding hydrogens is 368 g/mol. The number of carbonyl (C=O) groups excluding carboxylic acids is 1. The van der Waals surface area contributed by atoms with E-state index in [1.807, 2.05) is 42.5 Å². The van der Waals surface area contributed by atoms with Crippen molar-refractivity contribution < 1.29 is 4.79 Å². The smallest absolute Gasteiger partial charge is 0.270 e. The molecule has 24 heavy (non-hydrogen) atoms. The fourth-order valence-electron chi connectivity index (χ4n) is 2.08. The number of anilines is 2. The van der Waals surface area contributed by atoms with Crippen molar-refractivity contribution in [2.24, 2.45) is 0 Å². The van der Waals surface area contributed by atoms with Gasteiger partial charge in [0.2, 0.25) is 0 Å². The minimum atomic E-state index is -0.206. The number of aromatic nitrogens is 2. The third kappa shape index (κ3) is 4.39. The van der Waals surface area contributed by atoms with Crippen LogP contribution in [0.15, 0.2) is 71.6 Å². The van der Waals surface area contributed by atoms with Crippen molar-refractivity contribution in [3.63, 3.8) is 0 Å². The second kappa shape index (κ2) is 7.70. The average Bonchev–Trinajstić information content (AvgIpc) is 2.63. The summed E-state index contributed by atoms with van der Waals surface area (Å²) >= 11 is 3.40. The molecule has 2 aromatic heterocycles. The second-order valence-corrected chi connectivity index (χ2v) is 6.02. The molecule has 1 amide bonds. The number of hydrogen-bond acceptors (Lipinski definition) is 4. The minimum absolute atomic E-state index is 0.206. The molecule has 0 aliphatic rings. The first-order valence-electron chi connectivity index (χ1n) is 7.36. The van der Waals surface area contributed by atoms with Crippen LogP contribution in [0.4, 0.5) is 11.4 Å². The molecule has 120 valence electrons. The first kappa shape index (κ1) is 16.1. The zero-order chi connectivity index (χ0) is 16.8. The topological polar surface area (TPSA) is 66.9 Å². The highest BCUT2D eigenvalue weighted by Gasteiger charge is 2.07. The highest BCUT2D eigenvalue weighted by molar-refractivity contribution is 9.10. The van der Waals surface area contributed by atoms with Crippen molar-refractivity contribution in [1.29, 1.82) is 0 Å². The average molecular weight is 383 g/mol. The Morgan fingerprint density at radius 3 is 2.33 bits per heavy atom. The number of amides is 1. The SMILES string of the molecule is O=C(NCc1ccncc1)c1ccc(Nc2ccc(Br)cc2)cn1. The first-order valence-corrected chi connectivity index (χ1v) is 8.16. The van der Waals surface area contributed by atoms with Crippen LogP contribution in [-0.2, 0) is 6.54 Å². The molecule has 6 heteroatoms. The summed E-state index contributed by atoms with van der Waals surface area (Å²) in [5.74, 6) is -0.206. The molecule has 0 radical (unpaired) electrons. The summed E-state index contributed by atoms with van der Waals surface area (Å²) in [7, 11) is 0. The van der Waals surface area contributed by atoms with Gasteiger partial charge in [0, 0.05) is 29.1 Å². The maximum atomic E-state index is 12.1. The Bertz CT molecular complexity index is 805. The molecule has 1 aromatic carbocycles. The second-order valence-electron chi connectivity index (χ2n) is 5.10. The molecule has 0 aliphatic carbocycles. The summed E-state index contributed by atoms with van der Waals surface area (Å²) in [4.78, 5) is 20.3. The minimum Gasteiger partial charge on any atom is -0.354 e. The van der Waals surface area contributed by atoms with Gasteiger partial charge in [-0.15, -0.1) is 0 Å². The quantitative estimate of drug-likeness (QED) is 0.701. The molecule has 2 heterocycles. The lowest BCUT2D eigenvalue weighted by molar-refractivity contribution is 0.0946. The van der Waals surface area contributed by atoms with E-state index >= 15 is 0 Å². The van der Waals surface area contributed by atoms with Crippen LogP contribution < -0.4 is 10.6 Å². The number of hydrogen-bond donors (Lipinski definition) is 2. The largest absolute Gasteiger partial charge is 0.354 e. The van der Waals surface area contributed by atoms with Gasteiger partial charge >= 0.3 is 0 Å². The summed E-state index contributed by atoms with van der Waals surface area (Å²) in [5, 5.41) is 6.07. The van der Waals surface area contributed by atoms with E-state index in [0.717, 1.165) is 21.4 Å². The molecule has 0 fully saturated rings. The van der Waals surface area contributed by atoms with Crippen LogP contribution in [0.2, 0.25) is 0 Å². The van der Waals surface area contributed by atoms with Gasteiger partial charge in [-0.1, -0.05) is 15.9 Å². The number of pyridine rings is 2. The molecule has 0 aliphatic heterocycles. The molecule has 0 saturated carbocycles. The van der Waals surface area contributed by atoms with Crippen molar-refractivity contribution in [2.75, 3.05) is 5.32 Å². The summed E-state index contributed by atoms with van der Waals surface area (Å²) in [6.45, 7) is 0.446. The fraction of sp³-hybridized carbons (Fsp3) is 0.0556. The third-order valence-electron chi connectivity index (χ3n) is 3.33. The number of benzene rings is 1. The fourth-order valence-corrected chi connectivity index (χ4v) is 2.34. The zero-order valence-corrected chi connectivity index (χ0v) is 14.3. The predicted octanol–water partition coefficient (Wildman–Crippen LogP) is 3.91. The van der Waals surface area contributed by atoms with Crippen molar-refractivity contribution >= 4 is 33.2 Å². The summed E-state index contributed by atoms with van der Waals surface area (Å²) < 4.78 is 1.02. The normalized spacial score (nSPS) is 10.2. The predicted molar refractivity (Wildman–Crippen MR) is 97.1 cm³/mol. The Hall–Kier alpha value is -2.73. The lowest BCUT2D eigenvalue weighted by Crippen LogP contribution is -2.23. The lowest BCUT2D eigenvalue weighted by Gasteiger charge is -2.08. The van der Waals surface area contributed by atoms with Crippen LogP contribution in [0.3, 0.4) is 0 Å². The maximum absolute atomic E-state index is 12.1. The number of nitrogens with zero attached hydrogens (tertiary/aromatic N) is 2. The molecule has 0 bridgehead atoms. The van der Waals surface area contributed by atoms with Gasteiger partial charge in [-0.25, -0.2) is 4.98 Å². The third-order valence-corrected chi connectivity index (χ3v) is 3.86. The van der Waals surface area contributed by atoms with Gasteiger partial charge in [-0.05, 0) is 54.1 Å². The zero-order valence-electron chi connectivity index (χ0n) is 12.7. The molecule has 2 N–H and O–H groups in total. The van der Waals surface area contributed by atoms with E-state index < -0.39 is 0 Å². The summed E-state index contributed by atoms with van der Waals surface area (Å²) in [6.07, 6.45) is 5.04. The number of rotatable bonds is 5. The Morgan fingerprint density at radius 2 is 1.67 bits per heavy atom. The Kier molecular flexibility index (Phi) is 5.18. The monoisotopic (exact) mass is 382 g/mol. The van der Waals surface area contributed by atoms with E-state index in [1.165, 1.54) is 0 Å². The van der Waals surface area contributed by atoms with Gasteiger partial charge in [0.05, 0.1) is 11.9 Å². The van der Waals surface area contributed by atoms with Gasteiger partial charge < -0.3 is 10.6 Å². The van der Waals surface area contributed by atoms with E-state index in [0.29, 0.717) is 12.2 Å². The van der Waals surface area contributed by atoms with Crippen molar-refractivity contribution in [2.45, 2.75) is 6.54 Å². The van der Waals surface area contributed by atoms with Gasteiger partial charge in [0.25, 0.3) is 5.91 Å². The molecular formula is C18H15BrN4O. The van der Waals surface area contributed by atoms with Crippen molar-refractivity contribution in [3.8, 4) is 0 Å². The van der Waals surface area contributed by atoms with Crippen LogP contribution in [0.25, 0.3) is 0 Å². The van der Waals surface area contributed by atoms with Crippen LogP contribution in [-0.4, -0.2) is 15.9 Å². The van der Waals surface area contributed by atoms with Crippen LogP contribution in [0, 0.1) is 0 Å². The number of carbonyl (C=O) groups is 1. The highest BCUT2D eigenvalue weighted by atomic mass is 79.9. The Balaban J connectivity index is 1.59. The molecule has 0 unspecified atom stereocenters. The van der Waals surface area contributed by atoms with Gasteiger partial charge in [0.15, 0.2) is 0 Å². The molecule has 0 saturated heterocycles. The molecule has 5 nitrogen and oxygen atoms in total. The number of nitrogens with one attached hydrogen (secondary N) is 2. The standard InChI is InChI=1S/C18H15BrN4O/c19-14-1-3-15(4-2-14)23-16-5-6-17(21-12-16)18(24)22-11-13-7-9-20-10-8-13/h1-10,12,23H,11H2,(H,22,24). The van der Waals surface area contributed by atoms with E-state index in [4.69, 9.17) is 0 Å². The summed E-state index contributed by atoms with van der Waals surface area (Å²) in [5.41, 5.74) is 3.15. The van der Waals surface area contributed by atoms with Gasteiger partial charge in [-0.3, -0.25) is 9.78 Å². The van der Waals surface area contributed by atoms with Gasteiger partial charge in [0.1, 0.15) is 5.69 Å². The Labute approximate surface area is 148 Å². The van der Waals surface area contributed by atoms with Gasteiger partial charge in [-0.2, -0.15) is 0 Å². The van der Waals surface area contributed by atoms with Crippen molar-refractivity contribution in [3.05, 3.63) is 82.9 Å². The van der Waals surface area contributed by atoms with Crippen LogP contribution in [0.1, 0.15) is 16.1 Å². The molecule has 3 rings (SSSR count). The van der Waals surface area contributed by atoms with Crippen LogP contribution >= 0.6 is 15.9 Å². The molecule has 0 spiro atoms. The van der Waals surface area contributed by atoms with E-state index in [2.05, 4.69) is 36.5 Å². The van der Waals surface area contributed by atoms with E-state index in [9.17, 15) is 4.79 Å². The first-order chi connectivity index (χ1) is 11.7. The molecule has 3 aromatic rings. The lowest BCUT2D eigenvalue weighted by atomic mass is 10.2. The van der Waals surface area contributed by atoms with E-state index in [1.54, 1.807) is 24.7 Å². The highest BCUT2D eigenvalue weighted by Crippen LogP contribution is 2.18. The maximum Gasteiger partial charge on any atom is 0.270 e. The van der Waals surface area contributed by atoms with Crippen molar-refractivity contribution in [1.82, 2.24) is 15.3 Å². The van der Waals surface area contributed by atoms with Crippen LogP contribution in [0.5, 0.6) is 0 Å². The molecule has 0 atom stereocenters. The number of halogens is 1. The summed E-state index contributed by atoms with van der Waals surface area (Å²) in [6, 6.07) is 15.1. The van der Waals surface area contributed by atoms with E-state index in [-0.39, 0.29) is 5.91 Å². The Morgan fingerprint density at radius 1 is 0.958 bits per heavy atom.